The van der Waals surface area contributed by atoms with Gasteiger partial charge >= 0.3 is 0 Å². The van der Waals surface area contributed by atoms with Crippen molar-refractivity contribution in [2.75, 3.05) is 6.61 Å². The highest BCUT2D eigenvalue weighted by Gasteiger charge is 2.27. The number of hydrogen-bond acceptors (Lipinski definition) is 1. The first-order valence-corrected chi connectivity index (χ1v) is 14.1. The van der Waals surface area contributed by atoms with Crippen LogP contribution in [0, 0.1) is 23.3 Å². The molecule has 1 saturated heterocycles. The summed E-state index contributed by atoms with van der Waals surface area (Å²) < 4.78 is 65.7. The molecular formula is C33H38F4O. The van der Waals surface area contributed by atoms with Crippen LogP contribution in [0.3, 0.4) is 0 Å². The Bertz CT molecular complexity index is 1200. The molecule has 0 saturated carbocycles. The number of ether oxygens (including phenoxy) is 1. The van der Waals surface area contributed by atoms with E-state index in [2.05, 4.69) is 13.8 Å². The van der Waals surface area contributed by atoms with Crippen LogP contribution in [0.25, 0.3) is 22.3 Å². The van der Waals surface area contributed by atoms with Gasteiger partial charge in [-0.3, -0.25) is 0 Å². The maximum Gasteiger partial charge on any atom is 0.166 e. The van der Waals surface area contributed by atoms with Crippen LogP contribution in [-0.2, 0) is 11.2 Å². The highest BCUT2D eigenvalue weighted by atomic mass is 19.2. The van der Waals surface area contributed by atoms with E-state index < -0.39 is 23.3 Å². The molecule has 0 spiro atoms. The number of aryl methyl sites for hydroxylation is 1. The summed E-state index contributed by atoms with van der Waals surface area (Å²) >= 11 is 0. The Balaban J connectivity index is 1.47. The van der Waals surface area contributed by atoms with Crippen molar-refractivity contribution in [3.63, 3.8) is 0 Å². The van der Waals surface area contributed by atoms with E-state index >= 15 is 8.78 Å². The van der Waals surface area contributed by atoms with Crippen LogP contribution in [0.1, 0.15) is 88.7 Å². The molecule has 1 heterocycles. The first-order valence-electron chi connectivity index (χ1n) is 14.1. The predicted molar refractivity (Wildman–Crippen MR) is 146 cm³/mol. The summed E-state index contributed by atoms with van der Waals surface area (Å²) in [4.78, 5) is 0. The molecule has 3 aromatic carbocycles. The third-order valence-electron chi connectivity index (χ3n) is 7.75. The maximum atomic E-state index is 15.1. The quantitative estimate of drug-likeness (QED) is 0.178. The monoisotopic (exact) mass is 526 g/mol. The highest BCUT2D eigenvalue weighted by Crippen LogP contribution is 2.36. The Morgan fingerprint density at radius 2 is 1.29 bits per heavy atom. The van der Waals surface area contributed by atoms with Gasteiger partial charge in [-0.2, -0.15) is 0 Å². The number of hydrogen-bond donors (Lipinski definition) is 0. The topological polar surface area (TPSA) is 9.23 Å². The number of rotatable bonds is 11. The molecule has 0 bridgehead atoms. The minimum Gasteiger partial charge on any atom is -0.378 e. The average Bonchev–Trinajstić information content (AvgIpc) is 2.93. The van der Waals surface area contributed by atoms with Gasteiger partial charge < -0.3 is 4.74 Å². The van der Waals surface area contributed by atoms with Crippen molar-refractivity contribution in [1.29, 1.82) is 0 Å². The fraction of sp³-hybridized carbons (Fsp3) is 0.455. The molecule has 0 aromatic heterocycles. The molecule has 1 fully saturated rings. The molecule has 38 heavy (non-hydrogen) atoms. The molecule has 1 aliphatic heterocycles. The van der Waals surface area contributed by atoms with Crippen molar-refractivity contribution >= 4 is 0 Å². The van der Waals surface area contributed by atoms with Gasteiger partial charge in [-0.15, -0.1) is 0 Å². The van der Waals surface area contributed by atoms with Crippen LogP contribution in [0.4, 0.5) is 17.6 Å². The molecular weight excluding hydrogens is 488 g/mol. The zero-order valence-electron chi connectivity index (χ0n) is 22.5. The zero-order chi connectivity index (χ0) is 27.1. The van der Waals surface area contributed by atoms with Gasteiger partial charge in [0.1, 0.15) is 0 Å². The van der Waals surface area contributed by atoms with Gasteiger partial charge in [0.05, 0.1) is 12.7 Å². The van der Waals surface area contributed by atoms with E-state index in [4.69, 9.17) is 4.74 Å². The lowest BCUT2D eigenvalue weighted by molar-refractivity contribution is -0.00181. The van der Waals surface area contributed by atoms with Crippen molar-refractivity contribution in [3.05, 3.63) is 82.9 Å². The Labute approximate surface area is 224 Å². The van der Waals surface area contributed by atoms with E-state index in [9.17, 15) is 8.78 Å². The summed E-state index contributed by atoms with van der Waals surface area (Å²) in [6.07, 6.45) is 9.59. The lowest BCUT2D eigenvalue weighted by Crippen LogP contribution is -2.25. The van der Waals surface area contributed by atoms with Crippen LogP contribution in [-0.4, -0.2) is 12.7 Å². The highest BCUT2D eigenvalue weighted by molar-refractivity contribution is 5.71. The molecule has 4 rings (SSSR count). The van der Waals surface area contributed by atoms with Gasteiger partial charge in [-0.05, 0) is 54.4 Å². The SMILES string of the molecule is CCCCCCCc1ccc(-c2ccc(-c3ccc(C4CCC(CCC)OC4)c(F)c3F)cc2)c(F)c1F. The molecule has 2 atom stereocenters. The van der Waals surface area contributed by atoms with E-state index in [1.165, 1.54) is 0 Å². The number of halogens is 4. The van der Waals surface area contributed by atoms with Crippen molar-refractivity contribution in [3.8, 4) is 22.3 Å². The molecule has 1 nitrogen and oxygen atoms in total. The minimum atomic E-state index is -0.897. The molecule has 0 N–H and O–H groups in total. The Hall–Kier alpha value is -2.66. The second-order valence-electron chi connectivity index (χ2n) is 10.5. The normalized spacial score (nSPS) is 17.6. The van der Waals surface area contributed by atoms with Gasteiger partial charge in [-0.25, -0.2) is 17.6 Å². The summed E-state index contributed by atoms with van der Waals surface area (Å²) in [5, 5.41) is 0. The van der Waals surface area contributed by atoms with Gasteiger partial charge in [0.25, 0.3) is 0 Å². The molecule has 3 aromatic rings. The lowest BCUT2D eigenvalue weighted by Gasteiger charge is -2.29. The smallest absolute Gasteiger partial charge is 0.166 e. The molecule has 204 valence electrons. The standard InChI is InChI=1S/C33H38F4O/c1-3-5-6-7-8-10-24-16-18-27(31(35)30(24)34)22-11-13-23(14-12-22)28-19-20-29(33(37)32(28)36)25-15-17-26(9-4-2)38-21-25/h11-14,16,18-20,25-26H,3-10,15,17,21H2,1-2H3. The summed E-state index contributed by atoms with van der Waals surface area (Å²) in [5.41, 5.74) is 2.00. The van der Waals surface area contributed by atoms with Crippen LogP contribution >= 0.6 is 0 Å². The second kappa shape index (κ2) is 13.4. The van der Waals surface area contributed by atoms with Crippen molar-refractivity contribution in [2.24, 2.45) is 0 Å². The molecule has 1 aliphatic rings. The van der Waals surface area contributed by atoms with E-state index in [0.717, 1.165) is 57.8 Å². The molecule has 0 amide bonds. The van der Waals surface area contributed by atoms with E-state index in [0.29, 0.717) is 35.3 Å². The van der Waals surface area contributed by atoms with E-state index in [1.807, 2.05) is 0 Å². The Morgan fingerprint density at radius 3 is 1.89 bits per heavy atom. The average molecular weight is 527 g/mol. The van der Waals surface area contributed by atoms with Gasteiger partial charge in [-0.1, -0.05) is 94.5 Å². The molecule has 0 aliphatic carbocycles. The Kier molecular flexibility index (Phi) is 10.0. The maximum absolute atomic E-state index is 15.1. The van der Waals surface area contributed by atoms with Crippen LogP contribution in [0.2, 0.25) is 0 Å². The van der Waals surface area contributed by atoms with Gasteiger partial charge in [0.15, 0.2) is 23.3 Å². The van der Waals surface area contributed by atoms with Crippen molar-refractivity contribution < 1.29 is 22.3 Å². The van der Waals surface area contributed by atoms with Crippen molar-refractivity contribution in [1.82, 2.24) is 0 Å². The first kappa shape index (κ1) is 28.4. The van der Waals surface area contributed by atoms with Crippen molar-refractivity contribution in [2.45, 2.75) is 90.1 Å². The summed E-state index contributed by atoms with van der Waals surface area (Å²) in [6.45, 7) is 4.65. The van der Waals surface area contributed by atoms with Crippen LogP contribution in [0.5, 0.6) is 0 Å². The van der Waals surface area contributed by atoms with E-state index in [-0.39, 0.29) is 23.1 Å². The summed E-state index contributed by atoms with van der Waals surface area (Å²) in [5.74, 6) is -3.58. The third kappa shape index (κ3) is 6.48. The first-order chi connectivity index (χ1) is 18.4. The van der Waals surface area contributed by atoms with Crippen LogP contribution in [0.15, 0.2) is 48.5 Å². The molecule has 2 unspecified atom stereocenters. The largest absolute Gasteiger partial charge is 0.378 e. The van der Waals surface area contributed by atoms with Gasteiger partial charge in [0.2, 0.25) is 0 Å². The lowest BCUT2D eigenvalue weighted by atomic mass is 9.88. The third-order valence-corrected chi connectivity index (χ3v) is 7.75. The van der Waals surface area contributed by atoms with E-state index in [1.54, 1.807) is 48.5 Å². The minimum absolute atomic E-state index is 0.142. The van der Waals surface area contributed by atoms with Crippen LogP contribution < -0.4 is 0 Å². The Morgan fingerprint density at radius 1 is 0.658 bits per heavy atom. The fourth-order valence-corrected chi connectivity index (χ4v) is 5.46. The summed E-state index contributed by atoms with van der Waals surface area (Å²) in [6, 6.07) is 12.9. The fourth-order valence-electron chi connectivity index (χ4n) is 5.46. The molecule has 0 radical (unpaired) electrons. The van der Waals surface area contributed by atoms with Gasteiger partial charge in [0, 0.05) is 17.0 Å². The number of benzene rings is 3. The molecule has 5 heteroatoms. The summed E-state index contributed by atoms with van der Waals surface area (Å²) in [7, 11) is 0. The predicted octanol–water partition coefficient (Wildman–Crippen LogP) is 10.2. The number of unbranched alkanes of at least 4 members (excludes halogenated alkanes) is 4. The zero-order valence-corrected chi connectivity index (χ0v) is 22.5. The second-order valence-corrected chi connectivity index (χ2v) is 10.5.